The van der Waals surface area contributed by atoms with E-state index in [0.717, 1.165) is 0 Å². The molecule has 2 saturated heterocycles. The molecule has 0 radical (unpaired) electrons. The molecule has 14 N–H and O–H groups in total. The average molecular weight is 485 g/mol. The van der Waals surface area contributed by atoms with Crippen molar-refractivity contribution < 1.29 is 54.7 Å². The first-order chi connectivity index (χ1) is 15.6. The number of hydrogen-bond donors (Lipinski definition) is 11. The van der Waals surface area contributed by atoms with Gasteiger partial charge in [0.2, 0.25) is 0 Å². The molecule has 0 spiro atoms. The van der Waals surface area contributed by atoms with E-state index in [-0.39, 0.29) is 13.0 Å². The van der Waals surface area contributed by atoms with Crippen LogP contribution in [0.25, 0.3) is 0 Å². The monoisotopic (exact) mass is 484 g/mol. The highest BCUT2D eigenvalue weighted by Crippen LogP contribution is 2.30. The SMILES string of the molecule is NCC1OC(OC2C(N)CC(N)C(OC3OC(CO)NC(CO)C3O)C2O)C(O)C(O)C1O. The molecule has 14 atom stereocenters. The fraction of sp³-hybridized carbons (Fsp3) is 1.00. The molecule has 2 aliphatic heterocycles. The summed E-state index contributed by atoms with van der Waals surface area (Å²) in [6, 6.07) is -2.48. The van der Waals surface area contributed by atoms with E-state index in [0.29, 0.717) is 0 Å². The van der Waals surface area contributed by atoms with Gasteiger partial charge in [0.1, 0.15) is 55.1 Å². The summed E-state index contributed by atoms with van der Waals surface area (Å²) in [6.45, 7) is -1.10. The Labute approximate surface area is 190 Å². The third-order valence-corrected chi connectivity index (χ3v) is 6.30. The van der Waals surface area contributed by atoms with E-state index in [4.69, 9.17) is 36.1 Å². The van der Waals surface area contributed by atoms with E-state index < -0.39 is 99.0 Å². The second kappa shape index (κ2) is 11.4. The van der Waals surface area contributed by atoms with Crippen molar-refractivity contribution in [3.8, 4) is 0 Å². The largest absolute Gasteiger partial charge is 0.395 e. The van der Waals surface area contributed by atoms with Gasteiger partial charge in [0.05, 0.1) is 19.3 Å². The average Bonchev–Trinajstić information content (AvgIpc) is 2.80. The number of nitrogens with two attached hydrogens (primary N) is 3. The summed E-state index contributed by atoms with van der Waals surface area (Å²) < 4.78 is 22.3. The van der Waals surface area contributed by atoms with E-state index in [1.165, 1.54) is 0 Å². The lowest BCUT2D eigenvalue weighted by atomic mass is 9.84. The zero-order valence-electron chi connectivity index (χ0n) is 17.9. The number of rotatable bonds is 7. The van der Waals surface area contributed by atoms with Crippen LogP contribution in [-0.2, 0) is 18.9 Å². The van der Waals surface area contributed by atoms with E-state index in [9.17, 15) is 35.7 Å². The van der Waals surface area contributed by atoms with Crippen LogP contribution < -0.4 is 22.5 Å². The molecule has 0 amide bonds. The number of aliphatic hydroxyl groups is 7. The molecule has 15 nitrogen and oxygen atoms in total. The minimum atomic E-state index is -1.65. The van der Waals surface area contributed by atoms with E-state index >= 15 is 0 Å². The molecule has 14 unspecified atom stereocenters. The maximum absolute atomic E-state index is 11.0. The molecule has 0 aromatic carbocycles. The molecule has 194 valence electrons. The summed E-state index contributed by atoms with van der Waals surface area (Å²) in [5.74, 6) is 0. The van der Waals surface area contributed by atoms with Crippen molar-refractivity contribution in [1.29, 1.82) is 0 Å². The van der Waals surface area contributed by atoms with Gasteiger partial charge < -0.3 is 71.9 Å². The summed E-state index contributed by atoms with van der Waals surface area (Å²) in [6.07, 6.45) is -14.5. The first-order valence-corrected chi connectivity index (χ1v) is 10.8. The maximum atomic E-state index is 11.0. The lowest BCUT2D eigenvalue weighted by Gasteiger charge is -2.47. The van der Waals surface area contributed by atoms with E-state index in [2.05, 4.69) is 5.32 Å². The van der Waals surface area contributed by atoms with Crippen LogP contribution in [0.15, 0.2) is 0 Å². The molecule has 3 rings (SSSR count). The highest BCUT2D eigenvalue weighted by Gasteiger charge is 2.50. The Morgan fingerprint density at radius 3 is 1.85 bits per heavy atom. The van der Waals surface area contributed by atoms with Crippen LogP contribution in [0.3, 0.4) is 0 Å². The van der Waals surface area contributed by atoms with Crippen molar-refractivity contribution in [2.24, 2.45) is 17.2 Å². The Bertz CT molecular complexity index is 596. The molecule has 1 saturated carbocycles. The first kappa shape index (κ1) is 27.0. The predicted molar refractivity (Wildman–Crippen MR) is 108 cm³/mol. The van der Waals surface area contributed by atoms with E-state index in [1.807, 2.05) is 0 Å². The van der Waals surface area contributed by atoms with Gasteiger partial charge in [0, 0.05) is 18.6 Å². The Balaban J connectivity index is 1.72. The van der Waals surface area contributed by atoms with Gasteiger partial charge in [0.15, 0.2) is 12.6 Å². The summed E-state index contributed by atoms with van der Waals surface area (Å²) in [7, 11) is 0. The van der Waals surface area contributed by atoms with Gasteiger partial charge in [-0.2, -0.15) is 0 Å². The fourth-order valence-electron chi connectivity index (χ4n) is 4.35. The maximum Gasteiger partial charge on any atom is 0.187 e. The first-order valence-electron chi connectivity index (χ1n) is 10.8. The van der Waals surface area contributed by atoms with Gasteiger partial charge in [-0.05, 0) is 6.42 Å². The summed E-state index contributed by atoms with van der Waals surface area (Å²) in [4.78, 5) is 0. The lowest BCUT2D eigenvalue weighted by Crippen LogP contribution is -2.68. The Kier molecular flexibility index (Phi) is 9.35. The number of aliphatic hydroxyl groups excluding tert-OH is 7. The minimum Gasteiger partial charge on any atom is -0.395 e. The van der Waals surface area contributed by atoms with Crippen molar-refractivity contribution in [1.82, 2.24) is 5.32 Å². The molecule has 0 bridgehead atoms. The number of nitrogens with one attached hydrogen (secondary N) is 1. The van der Waals surface area contributed by atoms with Crippen LogP contribution >= 0.6 is 0 Å². The standard InChI is InChI=1S/C18H36N4O11/c19-2-8-11(26)12(27)13(28)18(30-8)33-16-6(21)1-5(20)15(14(16)29)32-17-10(25)7(3-23)22-9(4-24)31-17/h5-18,22-29H,1-4,19-21H2. The molecule has 2 heterocycles. The number of ether oxygens (including phenoxy) is 4. The van der Waals surface area contributed by atoms with Crippen molar-refractivity contribution in [2.45, 2.75) is 92.2 Å². The molecular formula is C18H36N4O11. The molecule has 15 heteroatoms. The zero-order chi connectivity index (χ0) is 24.4. The van der Waals surface area contributed by atoms with Crippen molar-refractivity contribution in [2.75, 3.05) is 19.8 Å². The van der Waals surface area contributed by atoms with Gasteiger partial charge in [-0.15, -0.1) is 0 Å². The van der Waals surface area contributed by atoms with Crippen molar-refractivity contribution >= 4 is 0 Å². The highest BCUT2D eigenvalue weighted by atomic mass is 16.7. The van der Waals surface area contributed by atoms with Crippen LogP contribution in [0.4, 0.5) is 0 Å². The van der Waals surface area contributed by atoms with Crippen LogP contribution in [0, 0.1) is 0 Å². The van der Waals surface area contributed by atoms with Crippen LogP contribution in [-0.4, -0.2) is 141 Å². The van der Waals surface area contributed by atoms with E-state index in [1.54, 1.807) is 0 Å². The topological polar surface area (TPSA) is 269 Å². The molecule has 33 heavy (non-hydrogen) atoms. The zero-order valence-corrected chi connectivity index (χ0v) is 17.9. The summed E-state index contributed by atoms with van der Waals surface area (Å²) >= 11 is 0. The summed E-state index contributed by atoms with van der Waals surface area (Å²) in [5, 5.41) is 73.2. The fourth-order valence-corrected chi connectivity index (χ4v) is 4.35. The van der Waals surface area contributed by atoms with Gasteiger partial charge in [-0.1, -0.05) is 0 Å². The predicted octanol–water partition coefficient (Wildman–Crippen LogP) is -7.07. The molecule has 3 fully saturated rings. The second-order valence-corrected chi connectivity index (χ2v) is 8.63. The van der Waals surface area contributed by atoms with Gasteiger partial charge in [-0.3, -0.25) is 5.32 Å². The van der Waals surface area contributed by atoms with Gasteiger partial charge in [0.25, 0.3) is 0 Å². The molecular weight excluding hydrogens is 448 g/mol. The highest BCUT2D eigenvalue weighted by molar-refractivity contribution is 5.00. The quantitative estimate of drug-likeness (QED) is 0.160. The summed E-state index contributed by atoms with van der Waals surface area (Å²) in [5.41, 5.74) is 17.8. The second-order valence-electron chi connectivity index (χ2n) is 8.63. The normalized spacial score (nSPS) is 51.5. The minimum absolute atomic E-state index is 0.106. The molecule has 3 aliphatic rings. The third-order valence-electron chi connectivity index (χ3n) is 6.30. The van der Waals surface area contributed by atoms with Crippen molar-refractivity contribution in [3.63, 3.8) is 0 Å². The lowest BCUT2D eigenvalue weighted by molar-refractivity contribution is -0.330. The van der Waals surface area contributed by atoms with Crippen LogP contribution in [0.2, 0.25) is 0 Å². The molecule has 0 aromatic heterocycles. The van der Waals surface area contributed by atoms with Crippen LogP contribution in [0.1, 0.15) is 6.42 Å². The Morgan fingerprint density at radius 2 is 1.33 bits per heavy atom. The van der Waals surface area contributed by atoms with Crippen molar-refractivity contribution in [3.05, 3.63) is 0 Å². The smallest absolute Gasteiger partial charge is 0.187 e. The molecule has 1 aliphatic carbocycles. The van der Waals surface area contributed by atoms with Gasteiger partial charge in [-0.25, -0.2) is 0 Å². The Morgan fingerprint density at radius 1 is 0.758 bits per heavy atom. The Hall–Kier alpha value is -0.600. The van der Waals surface area contributed by atoms with Gasteiger partial charge >= 0.3 is 0 Å². The number of hydrogen-bond acceptors (Lipinski definition) is 15. The van der Waals surface area contributed by atoms with Crippen LogP contribution in [0.5, 0.6) is 0 Å². The molecule has 0 aromatic rings. The third kappa shape index (κ3) is 5.64.